The predicted molar refractivity (Wildman–Crippen MR) is 100.0 cm³/mol. The number of hydrogen-bond donors (Lipinski definition) is 0. The number of nitrogens with zero attached hydrogens (tertiary/aromatic N) is 4. The van der Waals surface area contributed by atoms with E-state index < -0.39 is 0 Å². The summed E-state index contributed by atoms with van der Waals surface area (Å²) in [6.45, 7) is 5.01. The molecule has 0 saturated carbocycles. The van der Waals surface area contributed by atoms with Gasteiger partial charge in [0.05, 0.1) is 22.3 Å². The molecule has 0 N–H and O–H groups in total. The van der Waals surface area contributed by atoms with Crippen LogP contribution in [0.2, 0.25) is 0 Å². The van der Waals surface area contributed by atoms with Crippen molar-refractivity contribution in [2.24, 2.45) is 0 Å². The highest BCUT2D eigenvalue weighted by molar-refractivity contribution is 6.07. The molecule has 4 rings (SSSR count). The van der Waals surface area contributed by atoms with Gasteiger partial charge in [-0.3, -0.25) is 4.79 Å². The highest BCUT2D eigenvalue weighted by atomic mass is 19.1. The lowest BCUT2D eigenvalue weighted by molar-refractivity contribution is 0.0764. The molecule has 7 heteroatoms. The van der Waals surface area contributed by atoms with Crippen molar-refractivity contribution in [2.75, 3.05) is 33.2 Å². The van der Waals surface area contributed by atoms with Gasteiger partial charge < -0.3 is 14.3 Å². The number of aryl methyl sites for hydroxylation is 1. The SMILES string of the molecule is Cc1noc2nc(-c3ccc(F)cc3)cc(C(=O)N3CCCN(C)CC3)c12. The van der Waals surface area contributed by atoms with Crippen LogP contribution in [0.5, 0.6) is 0 Å². The molecule has 1 aliphatic heterocycles. The lowest BCUT2D eigenvalue weighted by atomic mass is 10.0. The van der Waals surface area contributed by atoms with Crippen LogP contribution >= 0.6 is 0 Å². The third kappa shape index (κ3) is 3.42. The van der Waals surface area contributed by atoms with Gasteiger partial charge in [-0.05, 0) is 57.3 Å². The van der Waals surface area contributed by atoms with Gasteiger partial charge in [0, 0.05) is 25.2 Å². The molecule has 6 nitrogen and oxygen atoms in total. The Morgan fingerprint density at radius 1 is 1.15 bits per heavy atom. The molecule has 0 radical (unpaired) electrons. The average molecular weight is 368 g/mol. The van der Waals surface area contributed by atoms with Gasteiger partial charge >= 0.3 is 0 Å². The highest BCUT2D eigenvalue weighted by Gasteiger charge is 2.24. The van der Waals surface area contributed by atoms with Gasteiger partial charge in [0.1, 0.15) is 5.82 Å². The summed E-state index contributed by atoms with van der Waals surface area (Å²) >= 11 is 0. The van der Waals surface area contributed by atoms with Crippen molar-refractivity contribution in [3.8, 4) is 11.3 Å². The Bertz CT molecular complexity index is 984. The first-order valence-corrected chi connectivity index (χ1v) is 9.04. The van der Waals surface area contributed by atoms with Gasteiger partial charge in [0.25, 0.3) is 11.6 Å². The molecule has 1 fully saturated rings. The first-order valence-electron chi connectivity index (χ1n) is 9.04. The van der Waals surface area contributed by atoms with Gasteiger partial charge in [0.2, 0.25) is 0 Å². The first kappa shape index (κ1) is 17.6. The Balaban J connectivity index is 1.79. The maximum atomic E-state index is 13.3. The minimum atomic E-state index is -0.319. The third-order valence-electron chi connectivity index (χ3n) is 4.99. The second kappa shape index (κ2) is 7.08. The fourth-order valence-corrected chi connectivity index (χ4v) is 3.45. The number of carbonyl (C=O) groups excluding carboxylic acids is 1. The van der Waals surface area contributed by atoms with Crippen LogP contribution in [0, 0.1) is 12.7 Å². The summed E-state index contributed by atoms with van der Waals surface area (Å²) in [4.78, 5) is 21.9. The summed E-state index contributed by atoms with van der Waals surface area (Å²) in [5.41, 5.74) is 2.77. The quantitative estimate of drug-likeness (QED) is 0.695. The first-order chi connectivity index (χ1) is 13.0. The van der Waals surface area contributed by atoms with Crippen molar-refractivity contribution in [3.63, 3.8) is 0 Å². The molecule has 3 aromatic rings. The molecule has 1 saturated heterocycles. The van der Waals surface area contributed by atoms with E-state index in [1.165, 1.54) is 12.1 Å². The van der Waals surface area contributed by atoms with Crippen LogP contribution in [-0.2, 0) is 0 Å². The van der Waals surface area contributed by atoms with E-state index in [2.05, 4.69) is 22.1 Å². The number of carbonyl (C=O) groups is 1. The Morgan fingerprint density at radius 2 is 1.93 bits per heavy atom. The molecule has 27 heavy (non-hydrogen) atoms. The number of halogens is 1. The molecule has 1 aromatic carbocycles. The minimum Gasteiger partial charge on any atom is -0.337 e. The van der Waals surface area contributed by atoms with Gasteiger partial charge in [-0.25, -0.2) is 9.37 Å². The van der Waals surface area contributed by atoms with E-state index >= 15 is 0 Å². The average Bonchev–Trinajstić information content (AvgIpc) is 2.90. The van der Waals surface area contributed by atoms with Crippen LogP contribution < -0.4 is 0 Å². The van der Waals surface area contributed by atoms with E-state index in [9.17, 15) is 9.18 Å². The smallest absolute Gasteiger partial charge is 0.259 e. The molecule has 140 valence electrons. The van der Waals surface area contributed by atoms with E-state index in [-0.39, 0.29) is 11.7 Å². The summed E-state index contributed by atoms with van der Waals surface area (Å²) in [5.74, 6) is -0.368. The van der Waals surface area contributed by atoms with E-state index in [1.807, 2.05) is 4.90 Å². The second-order valence-corrected chi connectivity index (χ2v) is 6.96. The summed E-state index contributed by atoms with van der Waals surface area (Å²) in [6, 6.07) is 7.79. The number of rotatable bonds is 2. The molecule has 2 aromatic heterocycles. The van der Waals surface area contributed by atoms with Crippen LogP contribution in [0.1, 0.15) is 22.5 Å². The summed E-state index contributed by atoms with van der Waals surface area (Å²) in [6.07, 6.45) is 0.934. The van der Waals surface area contributed by atoms with Gasteiger partial charge in [-0.15, -0.1) is 0 Å². The number of hydrogen-bond acceptors (Lipinski definition) is 5. The number of fused-ring (bicyclic) bond motifs is 1. The summed E-state index contributed by atoms with van der Waals surface area (Å²) in [5, 5.41) is 4.63. The maximum Gasteiger partial charge on any atom is 0.259 e. The number of aromatic nitrogens is 2. The standard InChI is InChI=1S/C20H21FN4O2/c1-13-18-16(20(26)25-9-3-8-24(2)10-11-25)12-17(22-19(18)27-23-13)14-4-6-15(21)7-5-14/h4-7,12H,3,8-11H2,1-2H3. The number of amides is 1. The topological polar surface area (TPSA) is 62.5 Å². The maximum absolute atomic E-state index is 13.3. The number of likely N-dealkylation sites (N-methyl/N-ethyl adjacent to an activating group) is 1. The lowest BCUT2D eigenvalue weighted by Crippen LogP contribution is -2.34. The molecule has 0 unspecified atom stereocenters. The van der Waals surface area contributed by atoms with Crippen LogP contribution in [0.25, 0.3) is 22.4 Å². The Kier molecular flexibility index (Phi) is 4.61. The lowest BCUT2D eigenvalue weighted by Gasteiger charge is -2.21. The molecule has 0 aliphatic carbocycles. The highest BCUT2D eigenvalue weighted by Crippen LogP contribution is 2.28. The van der Waals surface area contributed by atoms with Crippen molar-refractivity contribution in [3.05, 3.63) is 47.4 Å². The monoisotopic (exact) mass is 368 g/mol. The van der Waals surface area contributed by atoms with E-state index in [0.717, 1.165) is 25.1 Å². The van der Waals surface area contributed by atoms with E-state index in [4.69, 9.17) is 4.52 Å². The molecule has 0 spiro atoms. The fraction of sp³-hybridized carbons (Fsp3) is 0.350. The van der Waals surface area contributed by atoms with Crippen molar-refractivity contribution in [2.45, 2.75) is 13.3 Å². The van der Waals surface area contributed by atoms with Crippen molar-refractivity contribution < 1.29 is 13.7 Å². The van der Waals surface area contributed by atoms with E-state index in [1.54, 1.807) is 25.1 Å². The Morgan fingerprint density at radius 3 is 2.70 bits per heavy atom. The van der Waals surface area contributed by atoms with Gasteiger partial charge in [-0.2, -0.15) is 0 Å². The Labute approximate surface area is 156 Å². The third-order valence-corrected chi connectivity index (χ3v) is 4.99. The largest absolute Gasteiger partial charge is 0.337 e. The number of benzene rings is 1. The molecule has 1 amide bonds. The van der Waals surface area contributed by atoms with Gasteiger partial charge in [0.15, 0.2) is 0 Å². The van der Waals surface area contributed by atoms with Crippen LogP contribution in [0.3, 0.4) is 0 Å². The molecule has 3 heterocycles. The van der Waals surface area contributed by atoms with Gasteiger partial charge in [-0.1, -0.05) is 5.16 Å². The fourth-order valence-electron chi connectivity index (χ4n) is 3.45. The minimum absolute atomic E-state index is 0.0487. The van der Waals surface area contributed by atoms with E-state index in [0.29, 0.717) is 41.1 Å². The molecule has 0 atom stereocenters. The van der Waals surface area contributed by atoms with Crippen LogP contribution in [0.15, 0.2) is 34.9 Å². The second-order valence-electron chi connectivity index (χ2n) is 6.96. The normalized spacial score (nSPS) is 15.9. The van der Waals surface area contributed by atoms with Crippen molar-refractivity contribution >= 4 is 17.0 Å². The predicted octanol–water partition coefficient (Wildman–Crippen LogP) is 3.12. The molecular formula is C20H21FN4O2. The van der Waals surface area contributed by atoms with Crippen LogP contribution in [0.4, 0.5) is 4.39 Å². The Hall–Kier alpha value is -2.80. The zero-order valence-corrected chi connectivity index (χ0v) is 15.4. The summed E-state index contributed by atoms with van der Waals surface area (Å²) < 4.78 is 18.6. The molecular weight excluding hydrogens is 347 g/mol. The molecule has 1 aliphatic rings. The number of pyridine rings is 1. The summed E-state index contributed by atoms with van der Waals surface area (Å²) in [7, 11) is 2.06. The van der Waals surface area contributed by atoms with Crippen LogP contribution in [-0.4, -0.2) is 59.1 Å². The zero-order chi connectivity index (χ0) is 19.0. The van der Waals surface area contributed by atoms with Crippen molar-refractivity contribution in [1.82, 2.24) is 19.9 Å². The van der Waals surface area contributed by atoms with Crippen molar-refractivity contribution in [1.29, 1.82) is 0 Å². The molecule has 0 bridgehead atoms. The zero-order valence-electron chi connectivity index (χ0n) is 15.4.